The lowest BCUT2D eigenvalue weighted by molar-refractivity contribution is 0.102. The molecule has 0 spiro atoms. The maximum Gasteiger partial charge on any atom is 0.256 e. The van der Waals surface area contributed by atoms with E-state index >= 15 is 0 Å². The summed E-state index contributed by atoms with van der Waals surface area (Å²) in [4.78, 5) is 12.3. The second-order valence-corrected chi connectivity index (χ2v) is 4.87. The van der Waals surface area contributed by atoms with Crippen molar-refractivity contribution in [2.75, 3.05) is 11.1 Å². The van der Waals surface area contributed by atoms with Gasteiger partial charge < -0.3 is 11.1 Å². The van der Waals surface area contributed by atoms with Gasteiger partial charge in [-0.25, -0.2) is 0 Å². The standard InChI is InChI=1S/C15H15ClN2O/c1-9-4-3-5-10(2)14(9)15(19)18-13-7-6-11(17)8-12(13)16/h3-8H,17H2,1-2H3,(H,18,19). The van der Waals surface area contributed by atoms with E-state index in [-0.39, 0.29) is 5.91 Å². The van der Waals surface area contributed by atoms with Gasteiger partial charge in [-0.15, -0.1) is 0 Å². The first-order valence-corrected chi connectivity index (χ1v) is 6.29. The van der Waals surface area contributed by atoms with Crippen LogP contribution in [0.4, 0.5) is 11.4 Å². The zero-order valence-corrected chi connectivity index (χ0v) is 11.6. The van der Waals surface area contributed by atoms with Gasteiger partial charge in [0.1, 0.15) is 0 Å². The molecule has 0 radical (unpaired) electrons. The van der Waals surface area contributed by atoms with E-state index in [2.05, 4.69) is 5.32 Å². The first-order valence-electron chi connectivity index (χ1n) is 5.91. The molecule has 1 amide bonds. The van der Waals surface area contributed by atoms with Crippen LogP contribution < -0.4 is 11.1 Å². The Bertz CT molecular complexity index is 618. The fourth-order valence-electron chi connectivity index (χ4n) is 1.99. The van der Waals surface area contributed by atoms with Crippen LogP contribution in [0.25, 0.3) is 0 Å². The van der Waals surface area contributed by atoms with Crippen LogP contribution in [0.3, 0.4) is 0 Å². The predicted molar refractivity (Wildman–Crippen MR) is 79.7 cm³/mol. The predicted octanol–water partition coefficient (Wildman–Crippen LogP) is 3.79. The van der Waals surface area contributed by atoms with E-state index in [0.717, 1.165) is 11.1 Å². The summed E-state index contributed by atoms with van der Waals surface area (Å²) >= 11 is 6.05. The number of nitrogen functional groups attached to an aromatic ring is 1. The van der Waals surface area contributed by atoms with Gasteiger partial charge >= 0.3 is 0 Å². The van der Waals surface area contributed by atoms with E-state index in [0.29, 0.717) is 22.0 Å². The number of rotatable bonds is 2. The topological polar surface area (TPSA) is 55.1 Å². The average Bonchev–Trinajstić information content (AvgIpc) is 2.32. The van der Waals surface area contributed by atoms with Crippen LogP contribution in [-0.2, 0) is 0 Å². The number of nitrogens with one attached hydrogen (secondary N) is 1. The highest BCUT2D eigenvalue weighted by Crippen LogP contribution is 2.25. The van der Waals surface area contributed by atoms with Gasteiger partial charge in [-0.05, 0) is 43.2 Å². The van der Waals surface area contributed by atoms with Crippen molar-refractivity contribution < 1.29 is 4.79 Å². The highest BCUT2D eigenvalue weighted by Gasteiger charge is 2.13. The Morgan fingerprint density at radius 3 is 2.37 bits per heavy atom. The van der Waals surface area contributed by atoms with E-state index in [1.807, 2.05) is 32.0 Å². The van der Waals surface area contributed by atoms with Gasteiger partial charge in [-0.2, -0.15) is 0 Å². The number of halogens is 1. The van der Waals surface area contributed by atoms with Crippen molar-refractivity contribution in [2.24, 2.45) is 0 Å². The first kappa shape index (κ1) is 13.4. The lowest BCUT2D eigenvalue weighted by Crippen LogP contribution is -2.15. The molecular formula is C15H15ClN2O. The van der Waals surface area contributed by atoms with Crippen LogP contribution in [0, 0.1) is 13.8 Å². The summed E-state index contributed by atoms with van der Waals surface area (Å²) in [7, 11) is 0. The van der Waals surface area contributed by atoms with Crippen LogP contribution >= 0.6 is 11.6 Å². The smallest absolute Gasteiger partial charge is 0.256 e. The Morgan fingerprint density at radius 1 is 1.16 bits per heavy atom. The third-order valence-electron chi connectivity index (χ3n) is 2.95. The van der Waals surface area contributed by atoms with Crippen molar-refractivity contribution in [3.8, 4) is 0 Å². The molecule has 0 saturated carbocycles. The van der Waals surface area contributed by atoms with Crippen LogP contribution in [0.15, 0.2) is 36.4 Å². The molecule has 0 bridgehead atoms. The Balaban J connectivity index is 2.31. The molecule has 0 saturated heterocycles. The van der Waals surface area contributed by atoms with Crippen LogP contribution in [0.2, 0.25) is 5.02 Å². The summed E-state index contributed by atoms with van der Waals surface area (Å²) in [6.45, 7) is 3.82. The summed E-state index contributed by atoms with van der Waals surface area (Å²) in [6, 6.07) is 10.8. The lowest BCUT2D eigenvalue weighted by atomic mass is 10.0. The average molecular weight is 275 g/mol. The molecule has 2 aromatic carbocycles. The van der Waals surface area contributed by atoms with Gasteiger partial charge in [0.25, 0.3) is 5.91 Å². The van der Waals surface area contributed by atoms with Gasteiger partial charge in [0.05, 0.1) is 10.7 Å². The summed E-state index contributed by atoms with van der Waals surface area (Å²) in [6.07, 6.45) is 0. The van der Waals surface area contributed by atoms with Crippen molar-refractivity contribution in [1.82, 2.24) is 0 Å². The monoisotopic (exact) mass is 274 g/mol. The molecular weight excluding hydrogens is 260 g/mol. The quantitative estimate of drug-likeness (QED) is 0.819. The van der Waals surface area contributed by atoms with Crippen LogP contribution in [0.5, 0.6) is 0 Å². The summed E-state index contributed by atoms with van der Waals surface area (Å²) < 4.78 is 0. The minimum atomic E-state index is -0.165. The third-order valence-corrected chi connectivity index (χ3v) is 3.26. The molecule has 0 aliphatic heterocycles. The van der Waals surface area contributed by atoms with E-state index in [1.54, 1.807) is 18.2 Å². The molecule has 0 atom stereocenters. The maximum absolute atomic E-state index is 12.3. The Labute approximate surface area is 117 Å². The van der Waals surface area contributed by atoms with Crippen LogP contribution in [0.1, 0.15) is 21.5 Å². The molecule has 98 valence electrons. The number of carbonyl (C=O) groups is 1. The van der Waals surface area contributed by atoms with Crippen molar-refractivity contribution in [3.63, 3.8) is 0 Å². The second-order valence-electron chi connectivity index (χ2n) is 4.46. The fourth-order valence-corrected chi connectivity index (χ4v) is 2.23. The van der Waals surface area contributed by atoms with E-state index < -0.39 is 0 Å². The largest absolute Gasteiger partial charge is 0.399 e. The van der Waals surface area contributed by atoms with Gasteiger partial charge in [0.2, 0.25) is 0 Å². The number of carbonyl (C=O) groups excluding carboxylic acids is 1. The summed E-state index contributed by atoms with van der Waals surface area (Å²) in [5.74, 6) is -0.165. The highest BCUT2D eigenvalue weighted by molar-refractivity contribution is 6.34. The minimum absolute atomic E-state index is 0.165. The minimum Gasteiger partial charge on any atom is -0.399 e. The molecule has 0 heterocycles. The number of benzene rings is 2. The molecule has 0 aliphatic carbocycles. The molecule has 2 aromatic rings. The second kappa shape index (κ2) is 5.33. The van der Waals surface area contributed by atoms with E-state index in [1.165, 1.54) is 0 Å². The van der Waals surface area contributed by atoms with Crippen molar-refractivity contribution in [2.45, 2.75) is 13.8 Å². The molecule has 0 aliphatic rings. The zero-order chi connectivity index (χ0) is 14.0. The number of nitrogens with two attached hydrogens (primary N) is 1. The Kier molecular flexibility index (Phi) is 3.76. The molecule has 4 heteroatoms. The van der Waals surface area contributed by atoms with Gasteiger partial charge in [-0.3, -0.25) is 4.79 Å². The fraction of sp³-hybridized carbons (Fsp3) is 0.133. The van der Waals surface area contributed by atoms with Crippen molar-refractivity contribution in [1.29, 1.82) is 0 Å². The Hall–Kier alpha value is -2.00. The van der Waals surface area contributed by atoms with Crippen molar-refractivity contribution in [3.05, 3.63) is 58.1 Å². The molecule has 0 aromatic heterocycles. The van der Waals surface area contributed by atoms with Gasteiger partial charge in [0, 0.05) is 11.3 Å². The van der Waals surface area contributed by atoms with E-state index in [9.17, 15) is 4.79 Å². The molecule has 2 rings (SSSR count). The highest BCUT2D eigenvalue weighted by atomic mass is 35.5. The lowest BCUT2D eigenvalue weighted by Gasteiger charge is -2.11. The first-order chi connectivity index (χ1) is 8.99. The zero-order valence-electron chi connectivity index (χ0n) is 10.8. The summed E-state index contributed by atoms with van der Waals surface area (Å²) in [5.41, 5.74) is 9.29. The summed E-state index contributed by atoms with van der Waals surface area (Å²) in [5, 5.41) is 3.24. The van der Waals surface area contributed by atoms with E-state index in [4.69, 9.17) is 17.3 Å². The molecule has 0 unspecified atom stereocenters. The maximum atomic E-state index is 12.3. The molecule has 3 N–H and O–H groups in total. The number of anilines is 2. The van der Waals surface area contributed by atoms with Crippen molar-refractivity contribution >= 4 is 28.9 Å². The number of aryl methyl sites for hydroxylation is 2. The SMILES string of the molecule is Cc1cccc(C)c1C(=O)Nc1ccc(N)cc1Cl. The number of hydrogen-bond acceptors (Lipinski definition) is 2. The number of amides is 1. The molecule has 3 nitrogen and oxygen atoms in total. The molecule has 19 heavy (non-hydrogen) atoms. The third kappa shape index (κ3) is 2.88. The molecule has 0 fully saturated rings. The number of hydrogen-bond donors (Lipinski definition) is 2. The Morgan fingerprint density at radius 2 is 1.79 bits per heavy atom. The van der Waals surface area contributed by atoms with Crippen LogP contribution in [-0.4, -0.2) is 5.91 Å². The van der Waals surface area contributed by atoms with Gasteiger partial charge in [-0.1, -0.05) is 29.8 Å². The van der Waals surface area contributed by atoms with Gasteiger partial charge in [0.15, 0.2) is 0 Å². The normalized spacial score (nSPS) is 10.3.